The third kappa shape index (κ3) is 9.00. The van der Waals surface area contributed by atoms with Crippen molar-refractivity contribution in [3.63, 3.8) is 0 Å². The first-order valence-electron chi connectivity index (χ1n) is 16.7. The number of benzene rings is 4. The van der Waals surface area contributed by atoms with Gasteiger partial charge in [0, 0.05) is 26.0 Å². The molecule has 1 aromatic heterocycles. The van der Waals surface area contributed by atoms with Crippen LogP contribution >= 0.6 is 34.7 Å². The van der Waals surface area contributed by atoms with Crippen molar-refractivity contribution in [1.29, 1.82) is 0 Å². The number of thiophene rings is 1. The van der Waals surface area contributed by atoms with Crippen LogP contribution in [0.15, 0.2) is 120 Å². The fraction of sp³-hybridized carbons (Fsp3) is 0.171. The number of esters is 1. The molecule has 0 bridgehead atoms. The maximum absolute atomic E-state index is 13.6. The predicted octanol–water partition coefficient (Wildman–Crippen LogP) is 8.99. The lowest BCUT2D eigenvalue weighted by Crippen LogP contribution is -2.30. The SMILES string of the molecule is COC(=O)c1c(NC(=O)C(C)Sc2cccc(NC(=O)/C(=C/c3cccc(Cl)c3)NC(=O)c3ccccc3)c2)sc2c1CCC(c1ccccc1)C2. The van der Waals surface area contributed by atoms with Gasteiger partial charge in [0.1, 0.15) is 10.7 Å². The van der Waals surface area contributed by atoms with Crippen LogP contribution in [-0.4, -0.2) is 36.1 Å². The number of halogens is 1. The molecule has 3 N–H and O–H groups in total. The van der Waals surface area contributed by atoms with Gasteiger partial charge in [0.25, 0.3) is 11.8 Å². The molecule has 2 atom stereocenters. The molecule has 3 amide bonds. The maximum Gasteiger partial charge on any atom is 0.341 e. The number of hydrogen-bond donors (Lipinski definition) is 3. The summed E-state index contributed by atoms with van der Waals surface area (Å²) in [6.07, 6.45) is 3.97. The highest BCUT2D eigenvalue weighted by molar-refractivity contribution is 8.00. The number of hydrogen-bond acceptors (Lipinski definition) is 7. The van der Waals surface area contributed by atoms with Crippen LogP contribution in [0.4, 0.5) is 10.7 Å². The number of methoxy groups -OCH3 is 1. The Balaban J connectivity index is 1.15. The number of ether oxygens (including phenoxy) is 1. The van der Waals surface area contributed by atoms with E-state index in [4.69, 9.17) is 16.3 Å². The molecule has 52 heavy (non-hydrogen) atoms. The van der Waals surface area contributed by atoms with Crippen LogP contribution in [0.2, 0.25) is 5.02 Å². The molecule has 2 unspecified atom stereocenters. The second-order valence-corrected chi connectivity index (χ2v) is 15.2. The Bertz CT molecular complexity index is 2130. The molecule has 0 spiro atoms. The second-order valence-electron chi connectivity index (χ2n) is 12.2. The van der Waals surface area contributed by atoms with E-state index in [0.717, 1.165) is 34.6 Å². The third-order valence-corrected chi connectivity index (χ3v) is 11.1. The Hall–Kier alpha value is -5.16. The molecule has 0 saturated heterocycles. The Morgan fingerprint density at radius 2 is 1.63 bits per heavy atom. The fourth-order valence-corrected chi connectivity index (χ4v) is 8.47. The Kier molecular flexibility index (Phi) is 11.9. The van der Waals surface area contributed by atoms with Crippen LogP contribution in [0, 0.1) is 0 Å². The number of thioether (sulfide) groups is 1. The van der Waals surface area contributed by atoms with E-state index in [2.05, 4.69) is 28.1 Å². The van der Waals surface area contributed by atoms with Gasteiger partial charge in [-0.2, -0.15) is 0 Å². The van der Waals surface area contributed by atoms with Crippen LogP contribution in [0.25, 0.3) is 6.08 Å². The molecule has 1 aliphatic carbocycles. The Morgan fingerprint density at radius 3 is 2.37 bits per heavy atom. The molecular weight excluding hydrogens is 714 g/mol. The quantitative estimate of drug-likeness (QED) is 0.0706. The van der Waals surface area contributed by atoms with Crippen LogP contribution in [0.5, 0.6) is 0 Å². The van der Waals surface area contributed by atoms with Crippen molar-refractivity contribution < 1.29 is 23.9 Å². The summed E-state index contributed by atoms with van der Waals surface area (Å²) >= 11 is 8.93. The molecule has 1 aliphatic rings. The van der Waals surface area contributed by atoms with Gasteiger partial charge < -0.3 is 20.7 Å². The van der Waals surface area contributed by atoms with Crippen molar-refractivity contribution >= 4 is 75.2 Å². The topological polar surface area (TPSA) is 114 Å². The number of rotatable bonds is 11. The van der Waals surface area contributed by atoms with Gasteiger partial charge in [-0.3, -0.25) is 14.4 Å². The second kappa shape index (κ2) is 16.9. The molecule has 1 heterocycles. The molecule has 264 valence electrons. The van der Waals surface area contributed by atoms with Crippen molar-refractivity contribution in [3.8, 4) is 0 Å². The van der Waals surface area contributed by atoms with Gasteiger partial charge in [-0.1, -0.05) is 78.3 Å². The van der Waals surface area contributed by atoms with E-state index in [0.29, 0.717) is 38.3 Å². The molecule has 5 aromatic rings. The first-order valence-corrected chi connectivity index (χ1v) is 18.8. The number of fused-ring (bicyclic) bond motifs is 1. The zero-order valence-electron chi connectivity index (χ0n) is 28.5. The maximum atomic E-state index is 13.6. The van der Waals surface area contributed by atoms with E-state index in [1.807, 2.05) is 24.3 Å². The van der Waals surface area contributed by atoms with Gasteiger partial charge in [-0.05, 0) is 97.3 Å². The zero-order chi connectivity index (χ0) is 36.6. The monoisotopic (exact) mass is 749 g/mol. The molecule has 8 nitrogen and oxygen atoms in total. The summed E-state index contributed by atoms with van der Waals surface area (Å²) in [7, 11) is 1.35. The van der Waals surface area contributed by atoms with Crippen molar-refractivity contribution in [1.82, 2.24) is 5.32 Å². The lowest BCUT2D eigenvalue weighted by Gasteiger charge is -2.22. The van der Waals surface area contributed by atoms with Gasteiger partial charge in [0.2, 0.25) is 5.91 Å². The van der Waals surface area contributed by atoms with E-state index in [1.54, 1.807) is 85.8 Å². The fourth-order valence-electron chi connectivity index (χ4n) is 6.02. The molecule has 0 aliphatic heterocycles. The average molecular weight is 750 g/mol. The van der Waals surface area contributed by atoms with E-state index >= 15 is 0 Å². The first kappa shape index (κ1) is 36.6. The van der Waals surface area contributed by atoms with Crippen LogP contribution in [0.3, 0.4) is 0 Å². The van der Waals surface area contributed by atoms with Gasteiger partial charge in [-0.15, -0.1) is 23.1 Å². The Labute approximate surface area is 315 Å². The highest BCUT2D eigenvalue weighted by Crippen LogP contribution is 2.43. The number of anilines is 2. The van der Waals surface area contributed by atoms with E-state index in [1.165, 1.54) is 35.8 Å². The summed E-state index contributed by atoms with van der Waals surface area (Å²) in [5.41, 5.74) is 4.18. The van der Waals surface area contributed by atoms with Crippen LogP contribution in [0.1, 0.15) is 61.5 Å². The smallest absolute Gasteiger partial charge is 0.341 e. The molecule has 0 saturated carbocycles. The standard InChI is InChI=1S/C41H36ClN3O5S2/c1-25(37(46)45-40-36(41(49)50-2)33-20-19-29(23-35(33)52-40)27-12-5-3-6-13-27)51-32-18-10-17-31(24-32)43-39(48)34(22-26-11-9-16-30(42)21-26)44-38(47)28-14-7-4-8-15-28/h3-18,21-22,24-25,29H,19-20,23H2,1-2H3,(H,43,48)(H,44,47)(H,45,46)/b34-22-. The number of amides is 3. The van der Waals surface area contributed by atoms with Gasteiger partial charge >= 0.3 is 5.97 Å². The molecular formula is C41H36ClN3O5S2. The largest absolute Gasteiger partial charge is 0.465 e. The van der Waals surface area contributed by atoms with Gasteiger partial charge in [-0.25, -0.2) is 4.79 Å². The molecule has 6 rings (SSSR count). The van der Waals surface area contributed by atoms with E-state index in [9.17, 15) is 19.2 Å². The van der Waals surface area contributed by atoms with Crippen molar-refractivity contribution in [2.75, 3.05) is 17.7 Å². The summed E-state index contributed by atoms with van der Waals surface area (Å²) in [6.45, 7) is 1.78. The summed E-state index contributed by atoms with van der Waals surface area (Å²) in [5, 5.41) is 9.05. The van der Waals surface area contributed by atoms with Crippen LogP contribution < -0.4 is 16.0 Å². The van der Waals surface area contributed by atoms with Crippen molar-refractivity contribution in [2.45, 2.75) is 42.2 Å². The highest BCUT2D eigenvalue weighted by atomic mass is 35.5. The summed E-state index contributed by atoms with van der Waals surface area (Å²) in [4.78, 5) is 54.9. The minimum atomic E-state index is -0.545. The molecule has 4 aromatic carbocycles. The van der Waals surface area contributed by atoms with Crippen LogP contribution in [-0.2, 0) is 27.2 Å². The minimum absolute atomic E-state index is 0.0251. The first-order chi connectivity index (χ1) is 25.2. The predicted molar refractivity (Wildman–Crippen MR) is 209 cm³/mol. The van der Waals surface area contributed by atoms with E-state index in [-0.39, 0.29) is 11.6 Å². The zero-order valence-corrected chi connectivity index (χ0v) is 30.9. The minimum Gasteiger partial charge on any atom is -0.465 e. The molecule has 11 heteroatoms. The van der Waals surface area contributed by atoms with Crippen molar-refractivity contribution in [3.05, 3.63) is 153 Å². The lowest BCUT2D eigenvalue weighted by atomic mass is 9.83. The van der Waals surface area contributed by atoms with E-state index < -0.39 is 23.0 Å². The number of carbonyl (C=O) groups excluding carboxylic acids is 4. The van der Waals surface area contributed by atoms with Gasteiger partial charge in [0.15, 0.2) is 0 Å². The number of nitrogens with one attached hydrogen (secondary N) is 3. The Morgan fingerprint density at radius 1 is 0.904 bits per heavy atom. The third-order valence-electron chi connectivity index (χ3n) is 8.62. The highest BCUT2D eigenvalue weighted by Gasteiger charge is 2.31. The normalized spacial score (nSPS) is 14.4. The lowest BCUT2D eigenvalue weighted by molar-refractivity contribution is -0.115. The summed E-state index contributed by atoms with van der Waals surface area (Å²) in [5.74, 6) is -1.36. The average Bonchev–Trinajstić information content (AvgIpc) is 3.52. The number of carbonyl (C=O) groups is 4. The molecule has 0 fully saturated rings. The summed E-state index contributed by atoms with van der Waals surface area (Å²) in [6, 6.07) is 33.0. The van der Waals surface area contributed by atoms with Gasteiger partial charge in [0.05, 0.1) is 17.9 Å². The molecule has 0 radical (unpaired) electrons. The van der Waals surface area contributed by atoms with Crippen molar-refractivity contribution in [2.24, 2.45) is 0 Å². The summed E-state index contributed by atoms with van der Waals surface area (Å²) < 4.78 is 5.14.